The maximum atomic E-state index is 13.3. The number of methoxy groups -OCH3 is 1. The second-order valence-electron chi connectivity index (χ2n) is 9.34. The molecule has 0 unspecified atom stereocenters. The lowest BCUT2D eigenvalue weighted by Gasteiger charge is -2.40. The van der Waals surface area contributed by atoms with Gasteiger partial charge in [0.2, 0.25) is 0 Å². The first-order chi connectivity index (χ1) is 18.0. The topological polar surface area (TPSA) is 63.2 Å². The predicted octanol–water partition coefficient (Wildman–Crippen LogP) is 6.36. The first-order valence-electron chi connectivity index (χ1n) is 13.4. The van der Waals surface area contributed by atoms with Crippen molar-refractivity contribution in [3.63, 3.8) is 0 Å². The molecule has 1 saturated heterocycles. The molecule has 0 saturated carbocycles. The van der Waals surface area contributed by atoms with Crippen molar-refractivity contribution in [3.8, 4) is 5.75 Å². The highest BCUT2D eigenvalue weighted by molar-refractivity contribution is 6.31. The quantitative estimate of drug-likeness (QED) is 0.249. The van der Waals surface area contributed by atoms with E-state index in [0.717, 1.165) is 48.1 Å². The fourth-order valence-electron chi connectivity index (χ4n) is 4.43. The Hall–Kier alpha value is -1.96. The van der Waals surface area contributed by atoms with Crippen molar-refractivity contribution < 1.29 is 28.5 Å². The molecule has 1 fully saturated rings. The van der Waals surface area contributed by atoms with Gasteiger partial charge < -0.3 is 23.7 Å². The summed E-state index contributed by atoms with van der Waals surface area (Å²) < 4.78 is 29.7. The van der Waals surface area contributed by atoms with Gasteiger partial charge in [-0.05, 0) is 61.1 Å². The van der Waals surface area contributed by atoms with E-state index in [2.05, 4.69) is 19.9 Å². The predicted molar refractivity (Wildman–Crippen MR) is 146 cm³/mol. The minimum absolute atomic E-state index is 0.126. The average Bonchev–Trinajstić information content (AvgIpc) is 2.90. The van der Waals surface area contributed by atoms with Gasteiger partial charge in [0, 0.05) is 25.3 Å². The Balaban J connectivity index is 1.91. The van der Waals surface area contributed by atoms with E-state index in [1.807, 2.05) is 43.3 Å². The summed E-state index contributed by atoms with van der Waals surface area (Å²) in [6.07, 6.45) is 1.92. The number of rotatable bonds is 15. The maximum absolute atomic E-state index is 13.3. The van der Waals surface area contributed by atoms with E-state index < -0.39 is 24.4 Å². The van der Waals surface area contributed by atoms with Crippen LogP contribution in [0.3, 0.4) is 0 Å². The molecule has 1 aliphatic heterocycles. The molecule has 0 amide bonds. The molecular weight excluding hydrogens is 492 g/mol. The van der Waals surface area contributed by atoms with Crippen LogP contribution in [0.4, 0.5) is 0 Å². The number of ether oxygens (including phenoxy) is 5. The van der Waals surface area contributed by atoms with E-state index in [0.29, 0.717) is 31.3 Å². The molecule has 0 N–H and O–H groups in total. The zero-order chi connectivity index (χ0) is 26.6. The van der Waals surface area contributed by atoms with Crippen LogP contribution < -0.4 is 4.74 Å². The fourth-order valence-corrected chi connectivity index (χ4v) is 4.62. The third kappa shape index (κ3) is 8.26. The van der Waals surface area contributed by atoms with Crippen LogP contribution in [0, 0.1) is 0 Å². The number of hydrogen-bond acceptors (Lipinski definition) is 6. The molecule has 1 aliphatic rings. The van der Waals surface area contributed by atoms with Gasteiger partial charge in [0.05, 0.1) is 13.2 Å². The molecule has 0 radical (unpaired) electrons. The number of halogens is 1. The van der Waals surface area contributed by atoms with Gasteiger partial charge in [-0.1, -0.05) is 62.6 Å². The minimum Gasteiger partial charge on any atom is -0.494 e. The Bertz CT molecular complexity index is 963. The zero-order valence-corrected chi connectivity index (χ0v) is 23.3. The highest BCUT2D eigenvalue weighted by atomic mass is 35.5. The Morgan fingerprint density at radius 2 is 1.65 bits per heavy atom. The summed E-state index contributed by atoms with van der Waals surface area (Å²) in [6.45, 7) is 8.00. The molecular formula is C30H41ClO6. The van der Waals surface area contributed by atoms with Crippen LogP contribution in [0.5, 0.6) is 5.75 Å². The Kier molecular flexibility index (Phi) is 12.4. The number of ketones is 1. The number of hydrogen-bond donors (Lipinski definition) is 0. The normalized spacial score (nSPS) is 21.8. The van der Waals surface area contributed by atoms with Crippen molar-refractivity contribution in [1.82, 2.24) is 0 Å². The van der Waals surface area contributed by atoms with Crippen LogP contribution >= 0.6 is 11.6 Å². The molecule has 2 aromatic carbocycles. The van der Waals surface area contributed by atoms with Gasteiger partial charge in [0.25, 0.3) is 0 Å². The van der Waals surface area contributed by atoms with Crippen LogP contribution in [0.1, 0.15) is 69.2 Å². The number of unbranched alkanes of at least 4 members (excludes halogenated alkanes) is 2. The van der Waals surface area contributed by atoms with E-state index in [1.54, 1.807) is 7.11 Å². The van der Waals surface area contributed by atoms with Crippen molar-refractivity contribution in [2.24, 2.45) is 0 Å². The summed E-state index contributed by atoms with van der Waals surface area (Å²) in [5.41, 5.74) is 3.00. The number of carbonyl (C=O) groups excluding carboxylic acids is 1. The lowest BCUT2D eigenvalue weighted by Crippen LogP contribution is -2.55. The summed E-state index contributed by atoms with van der Waals surface area (Å²) in [5, 5.41) is 0.678. The van der Waals surface area contributed by atoms with Crippen LogP contribution in [-0.2, 0) is 30.2 Å². The Morgan fingerprint density at radius 1 is 0.946 bits per heavy atom. The lowest BCUT2D eigenvalue weighted by molar-refractivity contribution is -0.208. The third-order valence-electron chi connectivity index (χ3n) is 6.45. The molecule has 7 heteroatoms. The third-order valence-corrected chi connectivity index (χ3v) is 6.82. The van der Waals surface area contributed by atoms with Crippen LogP contribution in [0.15, 0.2) is 42.5 Å². The Morgan fingerprint density at radius 3 is 2.30 bits per heavy atom. The molecule has 1 heterocycles. The second-order valence-corrected chi connectivity index (χ2v) is 9.75. The number of carbonyl (C=O) groups is 1. The van der Waals surface area contributed by atoms with Crippen LogP contribution in [0.25, 0.3) is 0 Å². The van der Waals surface area contributed by atoms with E-state index in [9.17, 15) is 4.79 Å². The van der Waals surface area contributed by atoms with Gasteiger partial charge in [-0.3, -0.25) is 4.79 Å². The van der Waals surface area contributed by atoms with Gasteiger partial charge in [0.1, 0.15) is 30.2 Å². The van der Waals surface area contributed by atoms with Crippen molar-refractivity contribution >= 4 is 17.4 Å². The molecule has 0 aromatic heterocycles. The molecule has 0 spiro atoms. The molecule has 2 aromatic rings. The summed E-state index contributed by atoms with van der Waals surface area (Å²) >= 11 is 6.62. The van der Waals surface area contributed by atoms with Crippen molar-refractivity contribution in [2.45, 2.75) is 77.3 Å². The average molecular weight is 533 g/mol. The fraction of sp³-hybridized carbons (Fsp3) is 0.567. The monoisotopic (exact) mass is 532 g/mol. The molecule has 0 bridgehead atoms. The number of Topliss-reactive ketones (excluding diaryl/α,β-unsaturated/α-hetero) is 1. The van der Waals surface area contributed by atoms with Gasteiger partial charge in [-0.15, -0.1) is 0 Å². The van der Waals surface area contributed by atoms with Gasteiger partial charge in [-0.2, -0.15) is 0 Å². The molecule has 204 valence electrons. The Labute approximate surface area is 226 Å². The van der Waals surface area contributed by atoms with Gasteiger partial charge in [-0.25, -0.2) is 0 Å². The van der Waals surface area contributed by atoms with E-state index in [1.165, 1.54) is 0 Å². The van der Waals surface area contributed by atoms with Crippen molar-refractivity contribution in [1.29, 1.82) is 0 Å². The van der Waals surface area contributed by atoms with E-state index in [4.69, 9.17) is 35.3 Å². The summed E-state index contributed by atoms with van der Waals surface area (Å²) in [4.78, 5) is 13.3. The smallest absolute Gasteiger partial charge is 0.195 e. The van der Waals surface area contributed by atoms with Crippen LogP contribution in [0.2, 0.25) is 5.02 Å². The summed E-state index contributed by atoms with van der Waals surface area (Å²) in [5.74, 6) is 0.719. The summed E-state index contributed by atoms with van der Waals surface area (Å²) in [7, 11) is 1.57. The van der Waals surface area contributed by atoms with Gasteiger partial charge in [0.15, 0.2) is 5.78 Å². The SMILES string of the molecule is CCCCO[C@@H]1[C@@H](OCCCC)C(=O)[C@@H](COC)O[C@H]1c1ccc(Cl)c(Cc2ccc(OCC)cc2)c1. The lowest BCUT2D eigenvalue weighted by atomic mass is 9.90. The highest BCUT2D eigenvalue weighted by Crippen LogP contribution is 2.36. The van der Waals surface area contributed by atoms with E-state index >= 15 is 0 Å². The minimum atomic E-state index is -0.724. The standard InChI is InChI=1S/C30H41ClO6/c1-5-8-16-35-29-27(32)26(20-33-4)37-28(30(29)36-17-9-6-2)22-12-15-25(31)23(19-22)18-21-10-13-24(14-11-21)34-7-3/h10-15,19,26,28-30H,5-9,16-18,20H2,1-4H3/t26-,28+,29+,30+/m1/s1. The maximum Gasteiger partial charge on any atom is 0.195 e. The van der Waals surface area contributed by atoms with E-state index in [-0.39, 0.29) is 12.4 Å². The first kappa shape index (κ1) is 29.6. The van der Waals surface area contributed by atoms with Crippen molar-refractivity contribution in [3.05, 3.63) is 64.2 Å². The molecule has 3 rings (SSSR count). The zero-order valence-electron chi connectivity index (χ0n) is 22.5. The van der Waals surface area contributed by atoms with Crippen molar-refractivity contribution in [2.75, 3.05) is 33.5 Å². The van der Waals surface area contributed by atoms with Gasteiger partial charge >= 0.3 is 0 Å². The highest BCUT2D eigenvalue weighted by Gasteiger charge is 2.47. The largest absolute Gasteiger partial charge is 0.494 e. The molecule has 4 atom stereocenters. The molecule has 0 aliphatic carbocycles. The first-order valence-corrected chi connectivity index (χ1v) is 13.8. The summed E-state index contributed by atoms with van der Waals surface area (Å²) in [6, 6.07) is 13.9. The van der Waals surface area contributed by atoms with Crippen LogP contribution in [-0.4, -0.2) is 57.6 Å². The second kappa shape index (κ2) is 15.5. The number of benzene rings is 2. The molecule has 37 heavy (non-hydrogen) atoms. The molecule has 6 nitrogen and oxygen atoms in total.